The molecule has 4 heteroatoms. The fraction of sp³-hybridized carbons (Fsp3) is 0.727. The first-order valence-electron chi connectivity index (χ1n) is 5.64. The molecule has 0 bridgehead atoms. The molecule has 0 radical (unpaired) electrons. The zero-order valence-electron chi connectivity index (χ0n) is 9.44. The van der Waals surface area contributed by atoms with Crippen LogP contribution < -0.4 is 5.32 Å². The second-order valence-corrected chi connectivity index (χ2v) is 5.00. The average Bonchev–Trinajstić information content (AvgIpc) is 2.71. The van der Waals surface area contributed by atoms with Gasteiger partial charge in [0.05, 0.1) is 11.2 Å². The molecule has 2 atom stereocenters. The van der Waals surface area contributed by atoms with Crippen LogP contribution in [-0.4, -0.2) is 35.1 Å². The third-order valence-corrected chi connectivity index (χ3v) is 3.68. The quantitative estimate of drug-likeness (QED) is 0.849. The van der Waals surface area contributed by atoms with Crippen molar-refractivity contribution in [3.63, 3.8) is 0 Å². The standard InChI is InChI=1S/C11H19N3S/c1-3-11-4-12-9(2)5-14(11)6-10-7-15-8-13-10/h7-9,11-12H,3-6H2,1-2H3. The Morgan fingerprint density at radius 3 is 3.20 bits per heavy atom. The van der Waals surface area contributed by atoms with Crippen molar-refractivity contribution in [2.75, 3.05) is 13.1 Å². The molecule has 1 aliphatic heterocycles. The monoisotopic (exact) mass is 225 g/mol. The van der Waals surface area contributed by atoms with Gasteiger partial charge in [-0.15, -0.1) is 11.3 Å². The van der Waals surface area contributed by atoms with Gasteiger partial charge >= 0.3 is 0 Å². The van der Waals surface area contributed by atoms with Gasteiger partial charge < -0.3 is 5.32 Å². The summed E-state index contributed by atoms with van der Waals surface area (Å²) in [5.41, 5.74) is 3.13. The molecule has 2 unspecified atom stereocenters. The van der Waals surface area contributed by atoms with Crippen LogP contribution in [0.25, 0.3) is 0 Å². The molecule has 1 aromatic heterocycles. The Bertz CT molecular complexity index is 286. The van der Waals surface area contributed by atoms with Crippen LogP contribution in [0.15, 0.2) is 10.9 Å². The number of rotatable bonds is 3. The van der Waals surface area contributed by atoms with E-state index in [0.29, 0.717) is 12.1 Å². The summed E-state index contributed by atoms with van der Waals surface area (Å²) in [5, 5.41) is 5.69. The van der Waals surface area contributed by atoms with Crippen molar-refractivity contribution < 1.29 is 0 Å². The largest absolute Gasteiger partial charge is 0.311 e. The molecule has 84 valence electrons. The summed E-state index contributed by atoms with van der Waals surface area (Å²) >= 11 is 1.68. The van der Waals surface area contributed by atoms with Crippen LogP contribution in [-0.2, 0) is 6.54 Å². The van der Waals surface area contributed by atoms with Crippen molar-refractivity contribution in [2.45, 2.75) is 38.9 Å². The summed E-state index contributed by atoms with van der Waals surface area (Å²) in [5.74, 6) is 0. The molecule has 0 aromatic carbocycles. The normalized spacial score (nSPS) is 28.1. The van der Waals surface area contributed by atoms with E-state index in [1.54, 1.807) is 11.3 Å². The second kappa shape index (κ2) is 5.05. The first kappa shape index (κ1) is 11.0. The van der Waals surface area contributed by atoms with E-state index in [2.05, 4.69) is 34.4 Å². The van der Waals surface area contributed by atoms with Crippen molar-refractivity contribution in [2.24, 2.45) is 0 Å². The summed E-state index contributed by atoms with van der Waals surface area (Å²) in [6, 6.07) is 1.27. The molecule has 3 nitrogen and oxygen atoms in total. The molecule has 2 heterocycles. The highest BCUT2D eigenvalue weighted by molar-refractivity contribution is 7.07. The fourth-order valence-electron chi connectivity index (χ4n) is 2.15. The Morgan fingerprint density at radius 2 is 2.53 bits per heavy atom. The zero-order valence-corrected chi connectivity index (χ0v) is 10.3. The van der Waals surface area contributed by atoms with Crippen molar-refractivity contribution >= 4 is 11.3 Å². The van der Waals surface area contributed by atoms with Crippen molar-refractivity contribution in [1.29, 1.82) is 0 Å². The Labute approximate surface area is 95.5 Å². The molecule has 1 fully saturated rings. The van der Waals surface area contributed by atoms with Gasteiger partial charge in [-0.3, -0.25) is 4.90 Å². The van der Waals surface area contributed by atoms with E-state index in [9.17, 15) is 0 Å². The van der Waals surface area contributed by atoms with Gasteiger partial charge in [-0.25, -0.2) is 4.98 Å². The number of hydrogen-bond donors (Lipinski definition) is 1. The van der Waals surface area contributed by atoms with E-state index in [0.717, 1.165) is 19.6 Å². The highest BCUT2D eigenvalue weighted by atomic mass is 32.1. The smallest absolute Gasteiger partial charge is 0.0795 e. The first-order chi connectivity index (χ1) is 7.29. The lowest BCUT2D eigenvalue weighted by Gasteiger charge is -2.38. The number of thiazole rings is 1. The molecule has 1 aliphatic rings. The van der Waals surface area contributed by atoms with Crippen LogP contribution in [0.2, 0.25) is 0 Å². The lowest BCUT2D eigenvalue weighted by atomic mass is 10.1. The first-order valence-corrected chi connectivity index (χ1v) is 6.58. The van der Waals surface area contributed by atoms with Crippen LogP contribution in [0.3, 0.4) is 0 Å². The second-order valence-electron chi connectivity index (χ2n) is 4.28. The van der Waals surface area contributed by atoms with E-state index in [1.807, 2.05) is 5.51 Å². The zero-order chi connectivity index (χ0) is 10.7. The molecule has 1 aromatic rings. The number of nitrogens with zero attached hydrogens (tertiary/aromatic N) is 2. The highest BCUT2D eigenvalue weighted by Gasteiger charge is 2.24. The highest BCUT2D eigenvalue weighted by Crippen LogP contribution is 2.14. The average molecular weight is 225 g/mol. The van der Waals surface area contributed by atoms with E-state index < -0.39 is 0 Å². The van der Waals surface area contributed by atoms with Gasteiger partial charge in [-0.05, 0) is 13.3 Å². The van der Waals surface area contributed by atoms with Gasteiger partial charge in [0.2, 0.25) is 0 Å². The minimum atomic E-state index is 0.603. The van der Waals surface area contributed by atoms with E-state index in [-0.39, 0.29) is 0 Å². The predicted octanol–water partition coefficient (Wildman–Crippen LogP) is 1.72. The van der Waals surface area contributed by atoms with E-state index in [1.165, 1.54) is 12.1 Å². The van der Waals surface area contributed by atoms with Crippen LogP contribution in [0.5, 0.6) is 0 Å². The molecule has 1 saturated heterocycles. The van der Waals surface area contributed by atoms with Crippen LogP contribution in [0, 0.1) is 0 Å². The molecule has 15 heavy (non-hydrogen) atoms. The van der Waals surface area contributed by atoms with E-state index in [4.69, 9.17) is 0 Å². The Hall–Kier alpha value is -0.450. The molecule has 0 aliphatic carbocycles. The van der Waals surface area contributed by atoms with Gasteiger partial charge in [-0.2, -0.15) is 0 Å². The maximum atomic E-state index is 4.36. The number of nitrogens with one attached hydrogen (secondary N) is 1. The summed E-state index contributed by atoms with van der Waals surface area (Å²) in [6.45, 7) is 7.77. The van der Waals surface area contributed by atoms with Gasteiger partial charge in [0.1, 0.15) is 0 Å². The number of aromatic nitrogens is 1. The summed E-state index contributed by atoms with van der Waals surface area (Å²) in [4.78, 5) is 6.91. The van der Waals surface area contributed by atoms with Crippen molar-refractivity contribution in [1.82, 2.24) is 15.2 Å². The summed E-state index contributed by atoms with van der Waals surface area (Å²) in [7, 11) is 0. The van der Waals surface area contributed by atoms with Crippen molar-refractivity contribution in [3.8, 4) is 0 Å². The predicted molar refractivity (Wildman–Crippen MR) is 64.1 cm³/mol. The lowest BCUT2D eigenvalue weighted by Crippen LogP contribution is -2.54. The number of piperazine rings is 1. The van der Waals surface area contributed by atoms with Gasteiger partial charge in [0, 0.05) is 37.1 Å². The molecule has 1 N–H and O–H groups in total. The van der Waals surface area contributed by atoms with Crippen molar-refractivity contribution in [3.05, 3.63) is 16.6 Å². The minimum absolute atomic E-state index is 0.603. The van der Waals surface area contributed by atoms with Crippen LogP contribution in [0.4, 0.5) is 0 Å². The topological polar surface area (TPSA) is 28.2 Å². The Balaban J connectivity index is 1.98. The molecule has 0 amide bonds. The fourth-order valence-corrected chi connectivity index (χ4v) is 2.70. The Morgan fingerprint density at radius 1 is 1.67 bits per heavy atom. The molecular formula is C11H19N3S. The minimum Gasteiger partial charge on any atom is -0.311 e. The Kier molecular flexibility index (Phi) is 3.72. The maximum absolute atomic E-state index is 4.36. The third-order valence-electron chi connectivity index (χ3n) is 3.05. The van der Waals surface area contributed by atoms with Gasteiger partial charge in [-0.1, -0.05) is 6.92 Å². The molecular weight excluding hydrogens is 206 g/mol. The summed E-state index contributed by atoms with van der Waals surface area (Å²) in [6.07, 6.45) is 1.21. The third kappa shape index (κ3) is 2.77. The number of hydrogen-bond acceptors (Lipinski definition) is 4. The molecule has 0 spiro atoms. The molecule has 0 saturated carbocycles. The van der Waals surface area contributed by atoms with Crippen LogP contribution in [0.1, 0.15) is 26.0 Å². The lowest BCUT2D eigenvalue weighted by molar-refractivity contribution is 0.123. The maximum Gasteiger partial charge on any atom is 0.0795 e. The van der Waals surface area contributed by atoms with Gasteiger partial charge in [0.15, 0.2) is 0 Å². The molecule has 2 rings (SSSR count). The summed E-state index contributed by atoms with van der Waals surface area (Å²) < 4.78 is 0. The van der Waals surface area contributed by atoms with Crippen LogP contribution >= 0.6 is 11.3 Å². The van der Waals surface area contributed by atoms with E-state index >= 15 is 0 Å². The van der Waals surface area contributed by atoms with Gasteiger partial charge in [0.25, 0.3) is 0 Å². The SMILES string of the molecule is CCC1CNC(C)CN1Cc1cscn1.